The van der Waals surface area contributed by atoms with Gasteiger partial charge in [0.1, 0.15) is 17.4 Å². The molecule has 0 bridgehead atoms. The van der Waals surface area contributed by atoms with Gasteiger partial charge in [0.25, 0.3) is 5.91 Å². The van der Waals surface area contributed by atoms with Gasteiger partial charge in [0.2, 0.25) is 5.71 Å². The van der Waals surface area contributed by atoms with Crippen LogP contribution in [0.4, 0.5) is 8.78 Å². The van der Waals surface area contributed by atoms with E-state index in [0.29, 0.717) is 34.2 Å². The lowest BCUT2D eigenvalue weighted by Gasteiger charge is -2.11. The number of nitrogens with zero attached hydrogens (tertiary/aromatic N) is 1. The minimum atomic E-state index is -0.793. The molecule has 0 aliphatic carbocycles. The number of furan rings is 1. The fourth-order valence-corrected chi connectivity index (χ4v) is 3.85. The van der Waals surface area contributed by atoms with Crippen molar-refractivity contribution in [3.8, 4) is 22.5 Å². The van der Waals surface area contributed by atoms with Gasteiger partial charge in [0.05, 0.1) is 29.3 Å². The molecule has 0 saturated carbocycles. The summed E-state index contributed by atoms with van der Waals surface area (Å²) in [4.78, 5) is 29.6. The molecule has 0 atom stereocenters. The van der Waals surface area contributed by atoms with E-state index >= 15 is 0 Å². The van der Waals surface area contributed by atoms with Crippen molar-refractivity contribution in [2.75, 3.05) is 14.2 Å². The molecule has 4 rings (SSSR count). The van der Waals surface area contributed by atoms with Gasteiger partial charge in [-0.15, -0.1) is 0 Å². The Bertz CT molecular complexity index is 1390. The number of carbonyl (C=O) groups excluding carboxylic acids is 2. The van der Waals surface area contributed by atoms with Crippen LogP contribution in [0.2, 0.25) is 0 Å². The summed E-state index contributed by atoms with van der Waals surface area (Å²) >= 11 is 0. The molecule has 2 heterocycles. The average Bonchev–Trinajstić information content (AvgIpc) is 3.22. The van der Waals surface area contributed by atoms with Gasteiger partial charge in [-0.2, -0.15) is 0 Å². The standard InChI is InChI=1S/C26H22F2N2O4/c1-4-5-21-17(15-8-11-20(28)18(12-15)26(32)33-3)13-19-22(24(31)29-2)23(34-25(19)30-21)14-6-9-16(27)10-7-14/h6-13H,4-5H2,1-3H3,(H,29,31). The molecular weight excluding hydrogens is 442 g/mol. The van der Waals surface area contributed by atoms with Crippen LogP contribution in [0.25, 0.3) is 33.6 Å². The van der Waals surface area contributed by atoms with E-state index in [1.807, 2.05) is 6.92 Å². The summed E-state index contributed by atoms with van der Waals surface area (Å²) in [6, 6.07) is 11.5. The number of esters is 1. The molecule has 0 spiro atoms. The Morgan fingerprint density at radius 1 is 1.06 bits per heavy atom. The second kappa shape index (κ2) is 9.43. The van der Waals surface area contributed by atoms with Crippen LogP contribution < -0.4 is 5.32 Å². The highest BCUT2D eigenvalue weighted by atomic mass is 19.1. The van der Waals surface area contributed by atoms with Gasteiger partial charge < -0.3 is 14.5 Å². The molecule has 174 valence electrons. The van der Waals surface area contributed by atoms with Crippen LogP contribution in [0, 0.1) is 11.6 Å². The highest BCUT2D eigenvalue weighted by Crippen LogP contribution is 2.37. The van der Waals surface area contributed by atoms with Crippen LogP contribution in [0.15, 0.2) is 52.9 Å². The normalized spacial score (nSPS) is 11.0. The Morgan fingerprint density at radius 2 is 1.76 bits per heavy atom. The number of pyridine rings is 1. The Kier molecular flexibility index (Phi) is 6.40. The number of aromatic nitrogens is 1. The van der Waals surface area contributed by atoms with Crippen LogP contribution >= 0.6 is 0 Å². The number of amides is 1. The number of fused-ring (bicyclic) bond motifs is 1. The molecule has 34 heavy (non-hydrogen) atoms. The van der Waals surface area contributed by atoms with E-state index < -0.39 is 23.5 Å². The molecule has 2 aromatic carbocycles. The smallest absolute Gasteiger partial charge is 0.340 e. The molecule has 0 saturated heterocycles. The first-order valence-corrected chi connectivity index (χ1v) is 10.7. The summed E-state index contributed by atoms with van der Waals surface area (Å²) in [6.07, 6.45) is 1.35. The number of halogens is 2. The van der Waals surface area contributed by atoms with Gasteiger partial charge in [-0.25, -0.2) is 18.6 Å². The molecule has 0 radical (unpaired) electrons. The summed E-state index contributed by atoms with van der Waals surface area (Å²) in [6.45, 7) is 1.99. The molecule has 0 aliphatic heterocycles. The van der Waals surface area contributed by atoms with Crippen LogP contribution in [-0.4, -0.2) is 31.0 Å². The molecule has 6 nitrogen and oxygen atoms in total. The third-order valence-electron chi connectivity index (χ3n) is 5.49. The van der Waals surface area contributed by atoms with Crippen molar-refractivity contribution in [2.45, 2.75) is 19.8 Å². The number of benzene rings is 2. The molecule has 1 N–H and O–H groups in total. The fraction of sp³-hybridized carbons (Fsp3) is 0.192. The number of aryl methyl sites for hydroxylation is 1. The Labute approximate surface area is 194 Å². The van der Waals surface area contributed by atoms with Crippen LogP contribution in [0.3, 0.4) is 0 Å². The monoisotopic (exact) mass is 464 g/mol. The van der Waals surface area contributed by atoms with E-state index in [9.17, 15) is 18.4 Å². The van der Waals surface area contributed by atoms with E-state index in [1.165, 1.54) is 50.6 Å². The zero-order valence-electron chi connectivity index (χ0n) is 18.9. The predicted octanol–water partition coefficient (Wildman–Crippen LogP) is 5.54. The SMILES string of the molecule is CCCc1nc2oc(-c3ccc(F)cc3)c(C(=O)NC)c2cc1-c1ccc(F)c(C(=O)OC)c1. The maximum Gasteiger partial charge on any atom is 0.340 e. The van der Waals surface area contributed by atoms with Crippen molar-refractivity contribution >= 4 is 23.0 Å². The first kappa shape index (κ1) is 23.1. The van der Waals surface area contributed by atoms with Crippen LogP contribution in [0.5, 0.6) is 0 Å². The lowest BCUT2D eigenvalue weighted by Crippen LogP contribution is -2.18. The third-order valence-corrected chi connectivity index (χ3v) is 5.49. The Morgan fingerprint density at radius 3 is 2.41 bits per heavy atom. The maximum absolute atomic E-state index is 14.2. The van der Waals surface area contributed by atoms with Gasteiger partial charge in [0, 0.05) is 18.2 Å². The summed E-state index contributed by atoms with van der Waals surface area (Å²) in [5, 5.41) is 3.05. The number of hydrogen-bond acceptors (Lipinski definition) is 5. The van der Waals surface area contributed by atoms with E-state index in [2.05, 4.69) is 10.3 Å². The van der Waals surface area contributed by atoms with Gasteiger partial charge >= 0.3 is 5.97 Å². The molecule has 2 aromatic heterocycles. The molecule has 1 amide bonds. The van der Waals surface area contributed by atoms with Gasteiger partial charge in [0.15, 0.2) is 0 Å². The minimum absolute atomic E-state index is 0.201. The lowest BCUT2D eigenvalue weighted by molar-refractivity contribution is 0.0595. The molecule has 0 aliphatic rings. The van der Waals surface area contributed by atoms with Crippen molar-refractivity contribution in [3.63, 3.8) is 0 Å². The third kappa shape index (κ3) is 4.14. The number of nitrogens with one attached hydrogen (secondary N) is 1. The Hall–Kier alpha value is -4.07. The van der Waals surface area contributed by atoms with Crippen molar-refractivity contribution in [2.24, 2.45) is 0 Å². The van der Waals surface area contributed by atoms with Gasteiger partial charge in [-0.3, -0.25) is 4.79 Å². The van der Waals surface area contributed by atoms with E-state index in [4.69, 9.17) is 9.15 Å². The lowest BCUT2D eigenvalue weighted by atomic mass is 9.97. The number of rotatable bonds is 6. The molecule has 4 aromatic rings. The van der Waals surface area contributed by atoms with Gasteiger partial charge in [-0.05, 0) is 54.4 Å². The van der Waals surface area contributed by atoms with Crippen LogP contribution in [0.1, 0.15) is 39.8 Å². The van der Waals surface area contributed by atoms with Crippen molar-refractivity contribution in [3.05, 3.63) is 77.0 Å². The maximum atomic E-state index is 14.2. The zero-order valence-corrected chi connectivity index (χ0v) is 18.9. The molecule has 0 unspecified atom stereocenters. The second-order valence-electron chi connectivity index (χ2n) is 7.66. The highest BCUT2D eigenvalue weighted by Gasteiger charge is 2.25. The van der Waals surface area contributed by atoms with Crippen molar-refractivity contribution in [1.29, 1.82) is 0 Å². The predicted molar refractivity (Wildman–Crippen MR) is 124 cm³/mol. The van der Waals surface area contributed by atoms with E-state index in [0.717, 1.165) is 6.42 Å². The number of methoxy groups -OCH3 is 1. The molecular formula is C26H22F2N2O4. The topological polar surface area (TPSA) is 81.4 Å². The summed E-state index contributed by atoms with van der Waals surface area (Å²) in [5.41, 5.74) is 2.67. The zero-order chi connectivity index (χ0) is 24.4. The minimum Gasteiger partial charge on any atom is -0.465 e. The van der Waals surface area contributed by atoms with Crippen molar-refractivity contribution in [1.82, 2.24) is 10.3 Å². The summed E-state index contributed by atoms with van der Waals surface area (Å²) < 4.78 is 38.4. The van der Waals surface area contributed by atoms with Crippen LogP contribution in [-0.2, 0) is 11.2 Å². The van der Waals surface area contributed by atoms with Crippen molar-refractivity contribution < 1.29 is 27.5 Å². The quantitative estimate of drug-likeness (QED) is 0.379. The fourth-order valence-electron chi connectivity index (χ4n) is 3.85. The highest BCUT2D eigenvalue weighted by molar-refractivity contribution is 6.11. The number of ether oxygens (including phenoxy) is 1. The number of carbonyl (C=O) groups is 2. The second-order valence-corrected chi connectivity index (χ2v) is 7.66. The average molecular weight is 464 g/mol. The first-order valence-electron chi connectivity index (χ1n) is 10.7. The largest absolute Gasteiger partial charge is 0.465 e. The van der Waals surface area contributed by atoms with E-state index in [-0.39, 0.29) is 22.6 Å². The summed E-state index contributed by atoms with van der Waals surface area (Å²) in [5.74, 6) is -2.04. The first-order chi connectivity index (χ1) is 16.4. The van der Waals surface area contributed by atoms with Gasteiger partial charge in [-0.1, -0.05) is 19.4 Å². The summed E-state index contributed by atoms with van der Waals surface area (Å²) in [7, 11) is 2.68. The van der Waals surface area contributed by atoms with E-state index in [1.54, 1.807) is 12.1 Å². The molecule has 8 heteroatoms. The number of hydrogen-bond donors (Lipinski definition) is 1. The molecule has 0 fully saturated rings. The Balaban J connectivity index is 2.00.